The maximum absolute atomic E-state index is 9.66. The lowest BCUT2D eigenvalue weighted by Crippen LogP contribution is -2.08. The first-order chi connectivity index (χ1) is 6.81. The number of hydrogen-bond donors (Lipinski definition) is 1. The summed E-state index contributed by atoms with van der Waals surface area (Å²) < 4.78 is 4.89. The highest BCUT2D eigenvalue weighted by molar-refractivity contribution is 5.27. The highest BCUT2D eigenvalue weighted by Crippen LogP contribution is 2.22. The van der Waals surface area contributed by atoms with Crippen LogP contribution in [0.4, 0.5) is 0 Å². The molecule has 76 valence electrons. The molecule has 1 aromatic rings. The van der Waals surface area contributed by atoms with Gasteiger partial charge in [-0.1, -0.05) is 6.07 Å². The molecule has 2 rings (SSSR count). The molecule has 0 saturated heterocycles. The third-order valence-corrected chi connectivity index (χ3v) is 2.62. The van der Waals surface area contributed by atoms with Gasteiger partial charge in [0.15, 0.2) is 0 Å². The highest BCUT2D eigenvalue weighted by Gasteiger charge is 2.15. The Hall–Kier alpha value is -0.930. The average Bonchev–Trinajstić information content (AvgIpc) is 2.64. The van der Waals surface area contributed by atoms with Crippen LogP contribution in [-0.2, 0) is 17.6 Å². The second kappa shape index (κ2) is 4.07. The minimum atomic E-state index is -0.592. The van der Waals surface area contributed by atoms with E-state index in [-0.39, 0.29) is 0 Å². The minimum absolute atomic E-state index is 0.311. The molecule has 1 aliphatic rings. The van der Waals surface area contributed by atoms with Gasteiger partial charge in [-0.15, -0.1) is 0 Å². The second-order valence-corrected chi connectivity index (χ2v) is 3.67. The molecule has 0 aliphatic heterocycles. The molecule has 1 heterocycles. The predicted octanol–water partition coefficient (Wildman–Crippen LogP) is 1.25. The zero-order valence-electron chi connectivity index (χ0n) is 8.36. The molecule has 1 unspecified atom stereocenters. The Bertz CT molecular complexity index is 325. The summed E-state index contributed by atoms with van der Waals surface area (Å²) in [6.45, 7) is 0.311. The molecule has 14 heavy (non-hydrogen) atoms. The van der Waals surface area contributed by atoms with Crippen LogP contribution < -0.4 is 0 Å². The number of rotatable bonds is 3. The van der Waals surface area contributed by atoms with E-state index in [0.29, 0.717) is 6.61 Å². The number of aliphatic hydroxyl groups excluding tert-OH is 1. The number of hydrogen-bond acceptors (Lipinski definition) is 3. The first kappa shape index (κ1) is 9.62. The van der Waals surface area contributed by atoms with Gasteiger partial charge in [0.1, 0.15) is 6.10 Å². The monoisotopic (exact) mass is 193 g/mol. The van der Waals surface area contributed by atoms with Crippen molar-refractivity contribution in [1.29, 1.82) is 0 Å². The lowest BCUT2D eigenvalue weighted by atomic mass is 10.1. The standard InChI is InChI=1S/C11H15NO2/c1-14-7-11(13)10-6-5-8-3-2-4-9(8)12-10/h5-6,11,13H,2-4,7H2,1H3. The fraction of sp³-hybridized carbons (Fsp3) is 0.545. The second-order valence-electron chi connectivity index (χ2n) is 3.67. The summed E-state index contributed by atoms with van der Waals surface area (Å²) >= 11 is 0. The zero-order valence-corrected chi connectivity index (χ0v) is 8.36. The van der Waals surface area contributed by atoms with Crippen molar-refractivity contribution in [3.05, 3.63) is 29.1 Å². The van der Waals surface area contributed by atoms with Crippen LogP contribution in [0.2, 0.25) is 0 Å². The number of fused-ring (bicyclic) bond motifs is 1. The molecular formula is C11H15NO2. The minimum Gasteiger partial charge on any atom is -0.384 e. The van der Waals surface area contributed by atoms with E-state index in [1.807, 2.05) is 6.07 Å². The molecule has 0 amide bonds. The van der Waals surface area contributed by atoms with Gasteiger partial charge in [-0.25, -0.2) is 0 Å². The van der Waals surface area contributed by atoms with Crippen LogP contribution in [0.1, 0.15) is 29.5 Å². The van der Waals surface area contributed by atoms with E-state index in [4.69, 9.17) is 4.74 Å². The number of methoxy groups -OCH3 is 1. The van der Waals surface area contributed by atoms with Crippen LogP contribution in [0.15, 0.2) is 12.1 Å². The van der Waals surface area contributed by atoms with E-state index in [1.165, 1.54) is 12.0 Å². The maximum atomic E-state index is 9.66. The normalized spacial score (nSPS) is 16.7. The third-order valence-electron chi connectivity index (χ3n) is 2.62. The van der Waals surface area contributed by atoms with Crippen LogP contribution in [-0.4, -0.2) is 23.8 Å². The first-order valence-corrected chi connectivity index (χ1v) is 4.97. The summed E-state index contributed by atoms with van der Waals surface area (Å²) in [4.78, 5) is 4.44. The lowest BCUT2D eigenvalue weighted by Gasteiger charge is -2.10. The van der Waals surface area contributed by atoms with Crippen molar-refractivity contribution >= 4 is 0 Å². The van der Waals surface area contributed by atoms with Gasteiger partial charge < -0.3 is 9.84 Å². The molecule has 0 fully saturated rings. The van der Waals surface area contributed by atoms with Crippen molar-refractivity contribution in [2.45, 2.75) is 25.4 Å². The molecule has 0 aromatic carbocycles. The molecule has 3 heteroatoms. The van der Waals surface area contributed by atoms with E-state index in [0.717, 1.165) is 24.2 Å². The van der Waals surface area contributed by atoms with Crippen molar-refractivity contribution in [2.75, 3.05) is 13.7 Å². The number of aryl methyl sites for hydroxylation is 2. The Labute approximate surface area is 83.7 Å². The Balaban J connectivity index is 2.19. The summed E-state index contributed by atoms with van der Waals surface area (Å²) in [5.74, 6) is 0. The van der Waals surface area contributed by atoms with Crippen molar-refractivity contribution in [1.82, 2.24) is 4.98 Å². The zero-order chi connectivity index (χ0) is 9.97. The van der Waals surface area contributed by atoms with Gasteiger partial charge >= 0.3 is 0 Å². The molecule has 0 radical (unpaired) electrons. The van der Waals surface area contributed by atoms with Crippen LogP contribution in [0.3, 0.4) is 0 Å². The molecule has 1 aromatic heterocycles. The van der Waals surface area contributed by atoms with Crippen molar-refractivity contribution in [3.63, 3.8) is 0 Å². The molecule has 1 N–H and O–H groups in total. The maximum Gasteiger partial charge on any atom is 0.119 e. The van der Waals surface area contributed by atoms with Crippen molar-refractivity contribution in [2.24, 2.45) is 0 Å². The molecule has 1 aliphatic carbocycles. The smallest absolute Gasteiger partial charge is 0.119 e. The van der Waals surface area contributed by atoms with E-state index in [1.54, 1.807) is 7.11 Å². The lowest BCUT2D eigenvalue weighted by molar-refractivity contribution is 0.0616. The van der Waals surface area contributed by atoms with Gasteiger partial charge in [-0.05, 0) is 30.9 Å². The Morgan fingerprint density at radius 1 is 1.50 bits per heavy atom. The fourth-order valence-corrected chi connectivity index (χ4v) is 1.87. The summed E-state index contributed by atoms with van der Waals surface area (Å²) in [5.41, 5.74) is 3.21. The summed E-state index contributed by atoms with van der Waals surface area (Å²) in [6.07, 6.45) is 2.77. The number of aromatic nitrogens is 1. The quantitative estimate of drug-likeness (QED) is 0.785. The van der Waals surface area contributed by atoms with Gasteiger partial charge in [0.05, 0.1) is 12.3 Å². The van der Waals surface area contributed by atoms with Gasteiger partial charge in [0.25, 0.3) is 0 Å². The van der Waals surface area contributed by atoms with Gasteiger partial charge in [0, 0.05) is 12.8 Å². The molecule has 1 atom stereocenters. The average molecular weight is 193 g/mol. The van der Waals surface area contributed by atoms with E-state index in [2.05, 4.69) is 11.1 Å². The molecule has 3 nitrogen and oxygen atoms in total. The number of nitrogens with zero attached hydrogens (tertiary/aromatic N) is 1. The van der Waals surface area contributed by atoms with Gasteiger partial charge in [0.2, 0.25) is 0 Å². The molecular weight excluding hydrogens is 178 g/mol. The Morgan fingerprint density at radius 3 is 3.14 bits per heavy atom. The van der Waals surface area contributed by atoms with E-state index >= 15 is 0 Å². The summed E-state index contributed by atoms with van der Waals surface area (Å²) in [5, 5.41) is 9.66. The van der Waals surface area contributed by atoms with E-state index < -0.39 is 6.10 Å². The summed E-state index contributed by atoms with van der Waals surface area (Å²) in [6, 6.07) is 3.97. The SMILES string of the molecule is COCC(O)c1ccc2c(n1)CCC2. The fourth-order valence-electron chi connectivity index (χ4n) is 1.87. The number of ether oxygens (including phenoxy) is 1. The van der Waals surface area contributed by atoms with Crippen molar-refractivity contribution in [3.8, 4) is 0 Å². The van der Waals surface area contributed by atoms with Crippen LogP contribution in [0, 0.1) is 0 Å². The third kappa shape index (κ3) is 1.79. The van der Waals surface area contributed by atoms with E-state index in [9.17, 15) is 5.11 Å². The Kier molecular flexibility index (Phi) is 2.79. The van der Waals surface area contributed by atoms with Crippen LogP contribution >= 0.6 is 0 Å². The van der Waals surface area contributed by atoms with Crippen LogP contribution in [0.25, 0.3) is 0 Å². The van der Waals surface area contributed by atoms with Crippen LogP contribution in [0.5, 0.6) is 0 Å². The van der Waals surface area contributed by atoms with Gasteiger partial charge in [-0.2, -0.15) is 0 Å². The highest BCUT2D eigenvalue weighted by atomic mass is 16.5. The molecule has 0 spiro atoms. The topological polar surface area (TPSA) is 42.4 Å². The largest absolute Gasteiger partial charge is 0.384 e. The molecule has 0 saturated carbocycles. The Morgan fingerprint density at radius 2 is 2.36 bits per heavy atom. The van der Waals surface area contributed by atoms with Crippen molar-refractivity contribution < 1.29 is 9.84 Å². The first-order valence-electron chi connectivity index (χ1n) is 4.97. The number of aliphatic hydroxyl groups is 1. The van der Waals surface area contributed by atoms with Gasteiger partial charge in [-0.3, -0.25) is 4.98 Å². The predicted molar refractivity (Wildman–Crippen MR) is 53.1 cm³/mol. The number of pyridine rings is 1. The summed E-state index contributed by atoms with van der Waals surface area (Å²) in [7, 11) is 1.58. The molecule has 0 bridgehead atoms.